The molecule has 0 fully saturated rings. The van der Waals surface area contributed by atoms with Gasteiger partial charge in [0.25, 0.3) is 5.91 Å². The number of ether oxygens (including phenoxy) is 1. The van der Waals surface area contributed by atoms with Gasteiger partial charge in [-0.15, -0.1) is 0 Å². The van der Waals surface area contributed by atoms with Gasteiger partial charge in [0.2, 0.25) is 5.95 Å². The number of hydrogen-bond donors (Lipinski definition) is 1. The molecule has 2 rings (SSSR count). The molecule has 7 heteroatoms. The van der Waals surface area contributed by atoms with Crippen molar-refractivity contribution in [3.63, 3.8) is 0 Å². The Labute approximate surface area is 129 Å². The van der Waals surface area contributed by atoms with Gasteiger partial charge in [-0.05, 0) is 54.5 Å². The molecular formula is C15H21N5O2. The van der Waals surface area contributed by atoms with Crippen molar-refractivity contribution in [3.8, 4) is 5.75 Å². The molecule has 0 unspecified atom stereocenters. The second kappa shape index (κ2) is 7.53. The van der Waals surface area contributed by atoms with E-state index in [1.165, 1.54) is 0 Å². The number of nitrogens with zero attached hydrogens (tertiary/aromatic N) is 4. The van der Waals surface area contributed by atoms with E-state index in [2.05, 4.69) is 27.8 Å². The lowest BCUT2D eigenvalue weighted by molar-refractivity contribution is 0.102. The molecule has 1 N–H and O–H groups in total. The number of amides is 1. The Morgan fingerprint density at radius 3 is 2.68 bits per heavy atom. The maximum atomic E-state index is 12.2. The minimum Gasteiger partial charge on any atom is -0.491 e. The maximum absolute atomic E-state index is 12.2. The van der Waals surface area contributed by atoms with Crippen LogP contribution in [0.3, 0.4) is 0 Å². The summed E-state index contributed by atoms with van der Waals surface area (Å²) in [5, 5.41) is 13.9. The SMILES string of the molecule is CCCn1nnnc1NC(=O)c1ccc(O[C@H](C)CC)cc1. The smallest absolute Gasteiger partial charge is 0.258 e. The van der Waals surface area contributed by atoms with Crippen molar-refractivity contribution in [2.45, 2.75) is 46.3 Å². The van der Waals surface area contributed by atoms with Crippen LogP contribution in [0, 0.1) is 0 Å². The second-order valence-electron chi connectivity index (χ2n) is 5.04. The summed E-state index contributed by atoms with van der Waals surface area (Å²) >= 11 is 0. The van der Waals surface area contributed by atoms with Crippen molar-refractivity contribution >= 4 is 11.9 Å². The van der Waals surface area contributed by atoms with Crippen LogP contribution in [0.5, 0.6) is 5.75 Å². The molecule has 0 bridgehead atoms. The number of nitrogens with one attached hydrogen (secondary N) is 1. The molecule has 2 aromatic rings. The standard InChI is InChI=1S/C15H21N5O2/c1-4-10-20-15(17-18-19-20)16-14(21)12-6-8-13(9-7-12)22-11(3)5-2/h6-9,11H,4-5,10H2,1-3H3,(H,16,17,19,21)/t11-/m1/s1. The van der Waals surface area contributed by atoms with E-state index in [1.807, 2.05) is 13.8 Å². The van der Waals surface area contributed by atoms with Gasteiger partial charge >= 0.3 is 0 Å². The average molecular weight is 303 g/mol. The Balaban J connectivity index is 2.02. The van der Waals surface area contributed by atoms with E-state index >= 15 is 0 Å². The minimum absolute atomic E-state index is 0.151. The molecular weight excluding hydrogens is 282 g/mol. The molecule has 1 aromatic heterocycles. The third kappa shape index (κ3) is 4.03. The van der Waals surface area contributed by atoms with Crippen LogP contribution in [0.4, 0.5) is 5.95 Å². The first-order chi connectivity index (χ1) is 10.6. The molecule has 0 spiro atoms. The topological polar surface area (TPSA) is 81.9 Å². The van der Waals surface area contributed by atoms with E-state index in [0.717, 1.165) is 18.6 Å². The molecule has 0 aliphatic rings. The number of aryl methyl sites for hydroxylation is 1. The van der Waals surface area contributed by atoms with Crippen LogP contribution in [-0.4, -0.2) is 32.2 Å². The number of hydrogen-bond acceptors (Lipinski definition) is 5. The Hall–Kier alpha value is -2.44. The predicted molar refractivity (Wildman–Crippen MR) is 82.9 cm³/mol. The monoisotopic (exact) mass is 303 g/mol. The van der Waals surface area contributed by atoms with Gasteiger partial charge in [-0.25, -0.2) is 4.68 Å². The van der Waals surface area contributed by atoms with Crippen molar-refractivity contribution in [3.05, 3.63) is 29.8 Å². The number of tetrazole rings is 1. The number of anilines is 1. The number of benzene rings is 1. The molecule has 1 heterocycles. The number of rotatable bonds is 7. The van der Waals surface area contributed by atoms with Gasteiger partial charge in [0, 0.05) is 12.1 Å². The summed E-state index contributed by atoms with van der Waals surface area (Å²) in [6.45, 7) is 6.74. The Morgan fingerprint density at radius 1 is 1.32 bits per heavy atom. The minimum atomic E-state index is -0.248. The molecule has 0 saturated heterocycles. The van der Waals surface area contributed by atoms with E-state index in [-0.39, 0.29) is 12.0 Å². The van der Waals surface area contributed by atoms with Crippen molar-refractivity contribution < 1.29 is 9.53 Å². The van der Waals surface area contributed by atoms with Crippen LogP contribution in [-0.2, 0) is 6.54 Å². The predicted octanol–water partition coefficient (Wildman–Crippen LogP) is 2.51. The molecule has 0 radical (unpaired) electrons. The molecule has 0 saturated carbocycles. The lowest BCUT2D eigenvalue weighted by Crippen LogP contribution is -2.16. The van der Waals surface area contributed by atoms with E-state index < -0.39 is 0 Å². The number of aromatic nitrogens is 4. The Bertz CT molecular complexity index is 609. The van der Waals surface area contributed by atoms with Crippen LogP contribution in [0.15, 0.2) is 24.3 Å². The maximum Gasteiger partial charge on any atom is 0.258 e. The van der Waals surface area contributed by atoms with E-state index in [1.54, 1.807) is 28.9 Å². The summed E-state index contributed by atoms with van der Waals surface area (Å²) in [5.74, 6) is 0.857. The fourth-order valence-electron chi connectivity index (χ4n) is 1.83. The van der Waals surface area contributed by atoms with Gasteiger partial charge in [0.1, 0.15) is 5.75 Å². The molecule has 0 aliphatic heterocycles. The van der Waals surface area contributed by atoms with E-state index in [4.69, 9.17) is 4.74 Å². The first-order valence-electron chi connectivity index (χ1n) is 7.48. The first-order valence-corrected chi connectivity index (χ1v) is 7.48. The van der Waals surface area contributed by atoms with Crippen molar-refractivity contribution in [1.82, 2.24) is 20.2 Å². The molecule has 1 atom stereocenters. The van der Waals surface area contributed by atoms with Crippen molar-refractivity contribution in [2.24, 2.45) is 0 Å². The fourth-order valence-corrected chi connectivity index (χ4v) is 1.83. The molecule has 1 aromatic carbocycles. The van der Waals surface area contributed by atoms with Crippen LogP contribution in [0.25, 0.3) is 0 Å². The van der Waals surface area contributed by atoms with Crippen LogP contribution >= 0.6 is 0 Å². The Morgan fingerprint density at radius 2 is 2.05 bits per heavy atom. The third-order valence-electron chi connectivity index (χ3n) is 3.22. The van der Waals surface area contributed by atoms with Gasteiger partial charge in [-0.2, -0.15) is 0 Å². The highest BCUT2D eigenvalue weighted by Gasteiger charge is 2.12. The second-order valence-corrected chi connectivity index (χ2v) is 5.04. The quantitative estimate of drug-likeness (QED) is 0.850. The Kier molecular flexibility index (Phi) is 5.46. The highest BCUT2D eigenvalue weighted by molar-refractivity contribution is 6.03. The number of carbonyl (C=O) groups is 1. The summed E-state index contributed by atoms with van der Waals surface area (Å²) < 4.78 is 7.25. The van der Waals surface area contributed by atoms with Crippen LogP contribution in [0.1, 0.15) is 44.0 Å². The molecule has 118 valence electrons. The summed E-state index contributed by atoms with van der Waals surface area (Å²) in [5.41, 5.74) is 0.530. The van der Waals surface area contributed by atoms with Crippen LogP contribution in [0.2, 0.25) is 0 Å². The van der Waals surface area contributed by atoms with Gasteiger partial charge in [-0.1, -0.05) is 18.9 Å². The third-order valence-corrected chi connectivity index (χ3v) is 3.22. The van der Waals surface area contributed by atoms with E-state index in [0.29, 0.717) is 18.1 Å². The zero-order valence-electron chi connectivity index (χ0n) is 13.1. The summed E-state index contributed by atoms with van der Waals surface area (Å²) in [4.78, 5) is 12.2. The zero-order valence-corrected chi connectivity index (χ0v) is 13.1. The lowest BCUT2D eigenvalue weighted by atomic mass is 10.2. The van der Waals surface area contributed by atoms with E-state index in [9.17, 15) is 4.79 Å². The highest BCUT2D eigenvalue weighted by atomic mass is 16.5. The summed E-state index contributed by atoms with van der Waals surface area (Å²) in [7, 11) is 0. The van der Waals surface area contributed by atoms with Gasteiger partial charge in [0.05, 0.1) is 6.10 Å². The van der Waals surface area contributed by atoms with Crippen molar-refractivity contribution in [2.75, 3.05) is 5.32 Å². The fraction of sp³-hybridized carbons (Fsp3) is 0.467. The average Bonchev–Trinajstić information content (AvgIpc) is 2.95. The number of carbonyl (C=O) groups excluding carboxylic acids is 1. The highest BCUT2D eigenvalue weighted by Crippen LogP contribution is 2.15. The van der Waals surface area contributed by atoms with Crippen LogP contribution < -0.4 is 10.1 Å². The van der Waals surface area contributed by atoms with Gasteiger partial charge < -0.3 is 4.74 Å². The summed E-state index contributed by atoms with van der Waals surface area (Å²) in [6, 6.07) is 7.02. The first kappa shape index (κ1) is 15.9. The molecule has 7 nitrogen and oxygen atoms in total. The molecule has 22 heavy (non-hydrogen) atoms. The van der Waals surface area contributed by atoms with Gasteiger partial charge in [-0.3, -0.25) is 10.1 Å². The molecule has 1 amide bonds. The zero-order chi connectivity index (χ0) is 15.9. The lowest BCUT2D eigenvalue weighted by Gasteiger charge is -2.12. The summed E-state index contributed by atoms with van der Waals surface area (Å²) in [6.07, 6.45) is 1.97. The van der Waals surface area contributed by atoms with Gasteiger partial charge in [0.15, 0.2) is 0 Å². The van der Waals surface area contributed by atoms with Crippen molar-refractivity contribution in [1.29, 1.82) is 0 Å². The normalized spacial score (nSPS) is 12.0. The molecule has 0 aliphatic carbocycles. The largest absolute Gasteiger partial charge is 0.491 e.